The van der Waals surface area contributed by atoms with E-state index in [1.165, 1.54) is 24.2 Å². The lowest BCUT2D eigenvalue weighted by atomic mass is 10.0. The van der Waals surface area contributed by atoms with E-state index in [1.807, 2.05) is 9.47 Å². The molecule has 0 bridgehead atoms. The number of likely N-dealkylation sites (tertiary alicyclic amines) is 1. The van der Waals surface area contributed by atoms with Gasteiger partial charge in [-0.15, -0.1) is 10.2 Å². The number of nitrogens with zero attached hydrogens (tertiary/aromatic N) is 4. The molecule has 1 aromatic carbocycles. The molecular formula is C20H27FN4OS. The van der Waals surface area contributed by atoms with Gasteiger partial charge in [-0.3, -0.25) is 4.79 Å². The Morgan fingerprint density at radius 2 is 2.11 bits per heavy atom. The van der Waals surface area contributed by atoms with E-state index in [2.05, 4.69) is 31.0 Å². The molecule has 0 saturated carbocycles. The Labute approximate surface area is 164 Å². The highest BCUT2D eigenvalue weighted by atomic mass is 32.2. The van der Waals surface area contributed by atoms with Crippen molar-refractivity contribution >= 4 is 17.7 Å². The van der Waals surface area contributed by atoms with Crippen molar-refractivity contribution in [2.24, 2.45) is 11.8 Å². The fourth-order valence-corrected chi connectivity index (χ4v) is 4.25. The van der Waals surface area contributed by atoms with Crippen LogP contribution in [0.1, 0.15) is 33.6 Å². The first-order chi connectivity index (χ1) is 13.0. The lowest BCUT2D eigenvalue weighted by molar-refractivity contribution is -0.130. The number of amides is 1. The van der Waals surface area contributed by atoms with E-state index in [4.69, 9.17) is 0 Å². The number of hydrogen-bond donors (Lipinski definition) is 0. The van der Waals surface area contributed by atoms with Gasteiger partial charge in [0.2, 0.25) is 5.91 Å². The highest BCUT2D eigenvalue weighted by Crippen LogP contribution is 2.27. The van der Waals surface area contributed by atoms with E-state index >= 15 is 0 Å². The van der Waals surface area contributed by atoms with E-state index < -0.39 is 0 Å². The standard InChI is InChI=1S/C20H27FN4OS/c1-14(2)11-25-19(16-8-4-5-9-17(16)21)22-23-20(25)27-13-18(26)24-10-6-7-15(3)12-24/h4-5,8-9,14-15H,6-7,10-13H2,1-3H3/t15-/m0/s1. The summed E-state index contributed by atoms with van der Waals surface area (Å²) in [4.78, 5) is 14.5. The monoisotopic (exact) mass is 390 g/mol. The van der Waals surface area contributed by atoms with Crippen molar-refractivity contribution in [1.29, 1.82) is 0 Å². The summed E-state index contributed by atoms with van der Waals surface area (Å²) in [6.45, 7) is 8.72. The summed E-state index contributed by atoms with van der Waals surface area (Å²) in [5.41, 5.74) is 0.439. The molecule has 1 amide bonds. The first-order valence-corrected chi connectivity index (χ1v) is 10.5. The second-order valence-corrected chi connectivity index (χ2v) is 8.61. The number of rotatable bonds is 6. The summed E-state index contributed by atoms with van der Waals surface area (Å²) < 4.78 is 16.2. The largest absolute Gasteiger partial charge is 0.342 e. The molecule has 0 aliphatic carbocycles. The third kappa shape index (κ3) is 4.89. The Morgan fingerprint density at radius 1 is 1.33 bits per heavy atom. The summed E-state index contributed by atoms with van der Waals surface area (Å²) in [6.07, 6.45) is 2.25. The van der Waals surface area contributed by atoms with E-state index in [1.54, 1.807) is 18.2 Å². The molecule has 146 valence electrons. The van der Waals surface area contributed by atoms with Crippen LogP contribution in [0.5, 0.6) is 0 Å². The maximum Gasteiger partial charge on any atom is 0.233 e. The van der Waals surface area contributed by atoms with Gasteiger partial charge in [0.05, 0.1) is 11.3 Å². The number of thioether (sulfide) groups is 1. The van der Waals surface area contributed by atoms with Crippen molar-refractivity contribution in [3.8, 4) is 11.4 Å². The van der Waals surface area contributed by atoms with Crippen molar-refractivity contribution in [2.45, 2.75) is 45.3 Å². The van der Waals surface area contributed by atoms with Gasteiger partial charge in [0, 0.05) is 19.6 Å². The highest BCUT2D eigenvalue weighted by molar-refractivity contribution is 7.99. The highest BCUT2D eigenvalue weighted by Gasteiger charge is 2.23. The number of halogens is 1. The van der Waals surface area contributed by atoms with E-state index in [0.717, 1.165) is 19.5 Å². The first kappa shape index (κ1) is 19.9. The Balaban J connectivity index is 1.77. The maximum atomic E-state index is 14.2. The van der Waals surface area contributed by atoms with Crippen LogP contribution in [0.25, 0.3) is 11.4 Å². The quantitative estimate of drug-likeness (QED) is 0.697. The van der Waals surface area contributed by atoms with Crippen LogP contribution in [0, 0.1) is 17.7 Å². The lowest BCUT2D eigenvalue weighted by Crippen LogP contribution is -2.40. The topological polar surface area (TPSA) is 51.0 Å². The maximum absolute atomic E-state index is 14.2. The molecule has 7 heteroatoms. The molecule has 27 heavy (non-hydrogen) atoms. The number of aromatic nitrogens is 3. The lowest BCUT2D eigenvalue weighted by Gasteiger charge is -2.30. The predicted molar refractivity (Wildman–Crippen MR) is 106 cm³/mol. The average molecular weight is 391 g/mol. The Hall–Kier alpha value is -1.89. The molecule has 1 aliphatic rings. The van der Waals surface area contributed by atoms with Crippen molar-refractivity contribution in [3.05, 3.63) is 30.1 Å². The number of benzene rings is 1. The Bertz CT molecular complexity index is 792. The van der Waals surface area contributed by atoms with Crippen LogP contribution < -0.4 is 0 Å². The molecule has 0 unspecified atom stereocenters. The van der Waals surface area contributed by atoms with Crippen molar-refractivity contribution in [1.82, 2.24) is 19.7 Å². The summed E-state index contributed by atoms with van der Waals surface area (Å²) in [5.74, 6) is 1.58. The molecule has 0 N–H and O–H groups in total. The van der Waals surface area contributed by atoms with Crippen molar-refractivity contribution < 1.29 is 9.18 Å². The molecule has 0 spiro atoms. The zero-order chi connectivity index (χ0) is 19.4. The first-order valence-electron chi connectivity index (χ1n) is 9.54. The van der Waals surface area contributed by atoms with Gasteiger partial charge in [-0.2, -0.15) is 0 Å². The van der Waals surface area contributed by atoms with Crippen molar-refractivity contribution in [3.63, 3.8) is 0 Å². The van der Waals surface area contributed by atoms with Gasteiger partial charge >= 0.3 is 0 Å². The normalized spacial score (nSPS) is 17.5. The van der Waals surface area contributed by atoms with E-state index in [-0.39, 0.29) is 11.7 Å². The fraction of sp³-hybridized carbons (Fsp3) is 0.550. The smallest absolute Gasteiger partial charge is 0.233 e. The van der Waals surface area contributed by atoms with Gasteiger partial charge in [-0.1, -0.05) is 44.7 Å². The second-order valence-electron chi connectivity index (χ2n) is 7.67. The molecule has 1 saturated heterocycles. The van der Waals surface area contributed by atoms with E-state index in [9.17, 15) is 9.18 Å². The molecule has 1 fully saturated rings. The molecule has 2 aromatic rings. The molecule has 1 atom stereocenters. The molecule has 3 rings (SSSR count). The molecule has 1 aliphatic heterocycles. The van der Waals surface area contributed by atoms with E-state index in [0.29, 0.717) is 40.7 Å². The SMILES string of the molecule is CC(C)Cn1c(SCC(=O)N2CCC[C@H](C)C2)nnc1-c1ccccc1F. The van der Waals surface area contributed by atoms with Gasteiger partial charge in [0.1, 0.15) is 5.82 Å². The van der Waals surface area contributed by atoms with Crippen LogP contribution in [0.3, 0.4) is 0 Å². The zero-order valence-corrected chi connectivity index (χ0v) is 17.0. The third-order valence-electron chi connectivity index (χ3n) is 4.71. The van der Waals surface area contributed by atoms with Gasteiger partial charge in [-0.25, -0.2) is 4.39 Å². The van der Waals surface area contributed by atoms with Crippen LogP contribution in [0.4, 0.5) is 4.39 Å². The predicted octanol–water partition coefficient (Wildman–Crippen LogP) is 4.09. The van der Waals surface area contributed by atoms with Gasteiger partial charge in [0.15, 0.2) is 11.0 Å². The van der Waals surface area contributed by atoms with Crippen LogP contribution in [-0.2, 0) is 11.3 Å². The molecule has 2 heterocycles. The van der Waals surface area contributed by atoms with Crippen LogP contribution in [0.2, 0.25) is 0 Å². The summed E-state index contributed by atoms with van der Waals surface area (Å²) >= 11 is 1.39. The van der Waals surface area contributed by atoms with Crippen LogP contribution >= 0.6 is 11.8 Å². The third-order valence-corrected chi connectivity index (χ3v) is 5.67. The minimum atomic E-state index is -0.315. The minimum absolute atomic E-state index is 0.137. The zero-order valence-electron chi connectivity index (χ0n) is 16.2. The van der Waals surface area contributed by atoms with Gasteiger partial charge in [0.25, 0.3) is 0 Å². The van der Waals surface area contributed by atoms with Crippen LogP contribution in [0.15, 0.2) is 29.4 Å². The number of hydrogen-bond acceptors (Lipinski definition) is 4. The summed E-state index contributed by atoms with van der Waals surface area (Å²) in [5, 5.41) is 9.15. The minimum Gasteiger partial charge on any atom is -0.342 e. The number of piperidine rings is 1. The molecule has 5 nitrogen and oxygen atoms in total. The van der Waals surface area contributed by atoms with Gasteiger partial charge in [-0.05, 0) is 36.8 Å². The molecule has 1 aromatic heterocycles. The molecule has 0 radical (unpaired) electrons. The van der Waals surface area contributed by atoms with Crippen LogP contribution in [-0.4, -0.2) is 44.4 Å². The summed E-state index contributed by atoms with van der Waals surface area (Å²) in [7, 11) is 0. The number of carbonyl (C=O) groups excluding carboxylic acids is 1. The number of carbonyl (C=O) groups is 1. The van der Waals surface area contributed by atoms with Crippen molar-refractivity contribution in [2.75, 3.05) is 18.8 Å². The second kappa shape index (κ2) is 8.87. The Kier molecular flexibility index (Phi) is 6.52. The Morgan fingerprint density at radius 3 is 2.81 bits per heavy atom. The molecular weight excluding hydrogens is 363 g/mol. The average Bonchev–Trinajstić information content (AvgIpc) is 3.02. The van der Waals surface area contributed by atoms with Gasteiger partial charge < -0.3 is 9.47 Å². The summed E-state index contributed by atoms with van der Waals surface area (Å²) in [6, 6.07) is 6.60. The fourth-order valence-electron chi connectivity index (χ4n) is 3.40.